The van der Waals surface area contributed by atoms with E-state index in [0.717, 1.165) is 5.56 Å². The van der Waals surface area contributed by atoms with Crippen LogP contribution in [0.3, 0.4) is 0 Å². The molecular formula is C32H32ClF3N4O5S. The summed E-state index contributed by atoms with van der Waals surface area (Å²) in [7, 11) is 0. The normalized spacial score (nSPS) is 19.7. The topological polar surface area (TPSA) is 107 Å². The summed E-state index contributed by atoms with van der Waals surface area (Å²) < 4.78 is 59.9. The fourth-order valence-electron chi connectivity index (χ4n) is 6.28. The summed E-state index contributed by atoms with van der Waals surface area (Å²) in [5.41, 5.74) is 3.35. The molecule has 244 valence electrons. The highest BCUT2D eigenvalue weighted by atomic mass is 35.5. The number of fused-ring (bicyclic) bond motifs is 2. The van der Waals surface area contributed by atoms with E-state index < -0.39 is 24.5 Å². The van der Waals surface area contributed by atoms with Crippen molar-refractivity contribution < 1.29 is 33.9 Å². The lowest BCUT2D eigenvalue weighted by Gasteiger charge is -2.39. The molecule has 0 saturated carbocycles. The highest BCUT2D eigenvalue weighted by Gasteiger charge is 2.37. The van der Waals surface area contributed by atoms with Crippen LogP contribution in [-0.2, 0) is 24.1 Å². The zero-order valence-corrected chi connectivity index (χ0v) is 26.7. The first-order valence-corrected chi connectivity index (χ1v) is 16.1. The van der Waals surface area contributed by atoms with E-state index >= 15 is 0 Å². The molecule has 1 aliphatic heterocycles. The second-order valence-corrected chi connectivity index (χ2v) is 12.8. The molecule has 1 atom stereocenters. The van der Waals surface area contributed by atoms with Gasteiger partial charge in [0.2, 0.25) is 0 Å². The number of benzene rings is 1. The third kappa shape index (κ3) is 6.78. The minimum absolute atomic E-state index is 0.104. The van der Waals surface area contributed by atoms with E-state index in [1.54, 1.807) is 37.4 Å². The number of rotatable bonds is 8. The smallest absolute Gasteiger partial charge is 0.491 e. The van der Waals surface area contributed by atoms with Gasteiger partial charge >= 0.3 is 12.3 Å². The highest BCUT2D eigenvalue weighted by Crippen LogP contribution is 2.40. The van der Waals surface area contributed by atoms with Crippen LogP contribution in [-0.4, -0.2) is 68.7 Å². The lowest BCUT2D eigenvalue weighted by molar-refractivity contribution is -0.346. The molecule has 0 bridgehead atoms. The number of hydrogen-bond donors (Lipinski definition) is 1. The molecule has 1 aliphatic carbocycles. The third-order valence-corrected chi connectivity index (χ3v) is 9.68. The molecule has 9 nitrogen and oxygen atoms in total. The molecule has 46 heavy (non-hydrogen) atoms. The van der Waals surface area contributed by atoms with Crippen molar-refractivity contribution in [2.75, 3.05) is 19.7 Å². The third-order valence-electron chi connectivity index (χ3n) is 8.45. The molecule has 4 heterocycles. The van der Waals surface area contributed by atoms with Crippen LogP contribution in [0, 0.1) is 13.8 Å². The molecule has 2 aliphatic rings. The predicted molar refractivity (Wildman–Crippen MR) is 168 cm³/mol. The number of carbonyl (C=O) groups is 1. The van der Waals surface area contributed by atoms with Crippen molar-refractivity contribution in [2.24, 2.45) is 0 Å². The average Bonchev–Trinajstić information content (AvgIpc) is 3.43. The summed E-state index contributed by atoms with van der Waals surface area (Å²) >= 11 is 7.65. The fraction of sp³-hybridized carbons (Fsp3) is 0.438. The highest BCUT2D eigenvalue weighted by molar-refractivity contribution is 7.18. The van der Waals surface area contributed by atoms with Gasteiger partial charge in [0, 0.05) is 53.3 Å². The molecule has 0 radical (unpaired) electrons. The molecule has 4 aromatic rings. The largest absolute Gasteiger partial charge is 0.522 e. The summed E-state index contributed by atoms with van der Waals surface area (Å²) in [5, 5.41) is 11.7. The summed E-state index contributed by atoms with van der Waals surface area (Å²) in [6, 6.07) is 5.88. The van der Waals surface area contributed by atoms with Gasteiger partial charge in [-0.2, -0.15) is 0 Å². The summed E-state index contributed by atoms with van der Waals surface area (Å²) in [6.45, 7) is 4.35. The number of carboxylic acids is 1. The van der Waals surface area contributed by atoms with E-state index in [4.69, 9.17) is 16.3 Å². The molecule has 1 fully saturated rings. The van der Waals surface area contributed by atoms with Gasteiger partial charge < -0.3 is 9.84 Å². The van der Waals surface area contributed by atoms with E-state index in [2.05, 4.69) is 14.7 Å². The number of aromatic carboxylic acids is 1. The Bertz CT molecular complexity index is 1910. The number of alkyl halides is 3. The Hall–Kier alpha value is -3.52. The Morgan fingerprint density at radius 2 is 1.93 bits per heavy atom. The van der Waals surface area contributed by atoms with Gasteiger partial charge in [-0.25, -0.2) is 9.78 Å². The SMILES string of the molecule is [2H]C1(N2CCC(OC(F)(F)F)CC2)CCc2nc(C)n(CCOc3ccc(Cl)cc3-c3cc(C)nc4c(C(=O)O)csc34)c(=O)c2C1. The zero-order valence-electron chi connectivity index (χ0n) is 26.1. The first-order chi connectivity index (χ1) is 22.2. The van der Waals surface area contributed by atoms with Crippen molar-refractivity contribution in [1.82, 2.24) is 19.4 Å². The Labute approximate surface area is 273 Å². The molecule has 1 aromatic carbocycles. The number of pyridine rings is 1. The number of ether oxygens (including phenoxy) is 2. The summed E-state index contributed by atoms with van der Waals surface area (Å²) in [4.78, 5) is 36.6. The van der Waals surface area contributed by atoms with Crippen molar-refractivity contribution in [1.29, 1.82) is 0 Å². The second kappa shape index (κ2) is 12.9. The maximum atomic E-state index is 13.8. The van der Waals surface area contributed by atoms with Crippen LogP contribution in [0.5, 0.6) is 5.75 Å². The molecule has 0 spiro atoms. The van der Waals surface area contributed by atoms with E-state index in [9.17, 15) is 29.2 Å². The minimum Gasteiger partial charge on any atom is -0.491 e. The lowest BCUT2D eigenvalue weighted by Crippen LogP contribution is -2.48. The van der Waals surface area contributed by atoms with Crippen LogP contribution in [0.2, 0.25) is 5.02 Å². The van der Waals surface area contributed by atoms with Crippen LogP contribution >= 0.6 is 22.9 Å². The van der Waals surface area contributed by atoms with Crippen LogP contribution in [0.15, 0.2) is 34.4 Å². The number of halogens is 4. The van der Waals surface area contributed by atoms with Crippen LogP contribution in [0.4, 0.5) is 13.2 Å². The Morgan fingerprint density at radius 3 is 2.65 bits per heavy atom. The van der Waals surface area contributed by atoms with Gasteiger partial charge in [-0.15, -0.1) is 24.5 Å². The van der Waals surface area contributed by atoms with Crippen molar-refractivity contribution in [2.45, 2.75) is 71.0 Å². The number of nitrogens with zero attached hydrogens (tertiary/aromatic N) is 4. The van der Waals surface area contributed by atoms with Gasteiger partial charge in [0.1, 0.15) is 18.2 Å². The zero-order chi connectivity index (χ0) is 33.7. The number of thiophene rings is 1. The molecule has 1 unspecified atom stereocenters. The number of hydrogen-bond acceptors (Lipinski definition) is 8. The van der Waals surface area contributed by atoms with Crippen LogP contribution in [0.1, 0.15) is 53.8 Å². The molecule has 3 aromatic heterocycles. The Balaban J connectivity index is 1.20. The van der Waals surface area contributed by atoms with Gasteiger partial charge in [0.05, 0.1) is 34.1 Å². The molecule has 0 amide bonds. The predicted octanol–water partition coefficient (Wildman–Crippen LogP) is 6.43. The molecule has 1 N–H and O–H groups in total. The maximum Gasteiger partial charge on any atom is 0.522 e. The second-order valence-electron chi connectivity index (χ2n) is 11.5. The van der Waals surface area contributed by atoms with Crippen LogP contribution in [0.25, 0.3) is 21.3 Å². The summed E-state index contributed by atoms with van der Waals surface area (Å²) in [5.74, 6) is -0.0566. The van der Waals surface area contributed by atoms with Crippen molar-refractivity contribution in [3.8, 4) is 16.9 Å². The van der Waals surface area contributed by atoms with Crippen molar-refractivity contribution in [3.63, 3.8) is 0 Å². The molecule has 1 saturated heterocycles. The standard InChI is InChI=1S/C32H32ClF3N4O5S/c1-17-13-23(29-28(37-17)25(16-46-29)31(42)43)22-14-19(33)3-6-27(22)44-12-11-40-18(2)38-26-5-4-20(15-24(26)30(40)41)39-9-7-21(8-10-39)45-32(34,35)36/h3,6,13-14,16,20-21H,4-5,7-12,15H2,1-2H3,(H,42,43)/i20D. The molecule has 6 rings (SSSR count). The molecule has 14 heteroatoms. The van der Waals surface area contributed by atoms with E-state index in [1.165, 1.54) is 15.9 Å². The first kappa shape index (κ1) is 31.1. The van der Waals surface area contributed by atoms with Gasteiger partial charge in [0.15, 0.2) is 0 Å². The lowest BCUT2D eigenvalue weighted by atomic mass is 9.90. The van der Waals surface area contributed by atoms with E-state index in [0.29, 0.717) is 62.2 Å². The van der Waals surface area contributed by atoms with Gasteiger partial charge in [-0.1, -0.05) is 11.6 Å². The number of likely N-dealkylation sites (tertiary alicyclic amines) is 1. The quantitative estimate of drug-likeness (QED) is 0.228. The van der Waals surface area contributed by atoms with E-state index in [1.807, 2.05) is 11.0 Å². The van der Waals surface area contributed by atoms with E-state index in [-0.39, 0.29) is 56.6 Å². The monoisotopic (exact) mass is 677 g/mol. The number of piperidine rings is 1. The van der Waals surface area contributed by atoms with Crippen molar-refractivity contribution in [3.05, 3.63) is 73.4 Å². The van der Waals surface area contributed by atoms with Gasteiger partial charge in [-0.3, -0.25) is 24.0 Å². The maximum absolute atomic E-state index is 13.8. The first-order valence-electron chi connectivity index (χ1n) is 15.4. The Kier molecular flexibility index (Phi) is 8.75. The number of carboxylic acid groups (broad SMARTS) is 1. The summed E-state index contributed by atoms with van der Waals surface area (Å²) in [6.07, 6.45) is -4.35. The van der Waals surface area contributed by atoms with Crippen LogP contribution < -0.4 is 10.3 Å². The number of aromatic nitrogens is 3. The average molecular weight is 678 g/mol. The van der Waals surface area contributed by atoms with Gasteiger partial charge in [0.25, 0.3) is 5.56 Å². The Morgan fingerprint density at radius 1 is 1.17 bits per heavy atom. The number of aryl methyl sites for hydroxylation is 3. The van der Waals surface area contributed by atoms with Gasteiger partial charge in [-0.05, 0) is 70.2 Å². The molecular weight excluding hydrogens is 645 g/mol. The van der Waals surface area contributed by atoms with Crippen molar-refractivity contribution >= 4 is 39.1 Å². The minimum atomic E-state index is -4.69. The fourth-order valence-corrected chi connectivity index (χ4v) is 7.47.